The summed E-state index contributed by atoms with van der Waals surface area (Å²) < 4.78 is 15.2. The Morgan fingerprint density at radius 1 is 1.25 bits per heavy atom. The molecule has 3 aromatic rings. The number of aromatic nitrogens is 3. The highest BCUT2D eigenvalue weighted by molar-refractivity contribution is 6.30. The summed E-state index contributed by atoms with van der Waals surface area (Å²) in [6.07, 6.45) is 4.45. The second kappa shape index (κ2) is 8.23. The molecule has 1 aliphatic carbocycles. The molecule has 2 aromatic heterocycles. The number of likely N-dealkylation sites (tertiary alicyclic amines) is 1. The van der Waals surface area contributed by atoms with E-state index in [1.807, 2.05) is 22.9 Å². The van der Waals surface area contributed by atoms with Crippen molar-refractivity contribution in [1.82, 2.24) is 19.7 Å². The fraction of sp³-hybridized carbons (Fsp3) is 0.435. The van der Waals surface area contributed by atoms with Crippen LogP contribution in [0, 0.1) is 11.3 Å². The Labute approximate surface area is 189 Å². The van der Waals surface area contributed by atoms with Crippen LogP contribution in [0.1, 0.15) is 32.1 Å². The molecule has 3 heterocycles. The first-order valence-electron chi connectivity index (χ1n) is 10.9. The molecule has 1 aliphatic heterocycles. The molecule has 0 bridgehead atoms. The summed E-state index contributed by atoms with van der Waals surface area (Å²) in [6, 6.07) is 11.7. The van der Waals surface area contributed by atoms with E-state index in [2.05, 4.69) is 21.3 Å². The largest absolute Gasteiger partial charge is 0.338 e. The van der Waals surface area contributed by atoms with Crippen molar-refractivity contribution in [2.45, 2.75) is 49.9 Å². The van der Waals surface area contributed by atoms with E-state index in [-0.39, 0.29) is 5.56 Å². The number of nitriles is 1. The Bertz CT molecular complexity index is 1220. The number of hydrogen-bond acceptors (Lipinski definition) is 5. The summed E-state index contributed by atoms with van der Waals surface area (Å²) in [6.45, 7) is 1.01. The summed E-state index contributed by atoms with van der Waals surface area (Å²) in [5, 5.41) is 18.8. The summed E-state index contributed by atoms with van der Waals surface area (Å²) in [5.41, 5.74) is 0.727. The number of nitrogens with one attached hydrogen (secondary N) is 2. The Hall–Kier alpha value is -2.89. The van der Waals surface area contributed by atoms with E-state index in [9.17, 15) is 14.4 Å². The maximum atomic E-state index is 13.3. The van der Waals surface area contributed by atoms with E-state index >= 15 is 0 Å². The van der Waals surface area contributed by atoms with Gasteiger partial charge in [-0.3, -0.25) is 14.4 Å². The van der Waals surface area contributed by atoms with Gasteiger partial charge in [0.1, 0.15) is 11.6 Å². The number of hydrogen-bond donors (Lipinski definition) is 2. The number of pyridine rings is 1. The molecule has 2 aliphatic rings. The molecule has 9 heteroatoms. The van der Waals surface area contributed by atoms with Crippen molar-refractivity contribution < 1.29 is 4.39 Å². The quantitative estimate of drug-likeness (QED) is 0.599. The molecule has 0 radical (unpaired) electrons. The van der Waals surface area contributed by atoms with E-state index in [0.717, 1.165) is 31.4 Å². The second-order valence-corrected chi connectivity index (χ2v) is 9.24. The number of nitrogens with zero attached hydrogens (tertiary/aromatic N) is 4. The van der Waals surface area contributed by atoms with E-state index in [4.69, 9.17) is 16.7 Å². The minimum atomic E-state index is -0.718. The monoisotopic (exact) mass is 454 g/mol. The lowest BCUT2D eigenvalue weighted by molar-refractivity contribution is -0.00330. The molecule has 1 aromatic carbocycles. The molecule has 2 N–H and O–H groups in total. The van der Waals surface area contributed by atoms with Crippen molar-refractivity contribution in [1.29, 1.82) is 5.26 Å². The number of fused-ring (bicyclic) bond motifs is 1. The molecule has 5 rings (SSSR count). The Morgan fingerprint density at radius 2 is 1.97 bits per heavy atom. The number of rotatable bonds is 5. The minimum absolute atomic E-state index is 0.236. The van der Waals surface area contributed by atoms with Crippen LogP contribution in [-0.2, 0) is 5.54 Å². The molecule has 0 atom stereocenters. The molecular formula is C23H24ClFN6O. The smallest absolute Gasteiger partial charge is 0.261 e. The standard InChI is InChI=1S/C23H24ClFN6O/c24-15-1-3-17(4-2-15)28-21-20-19(7-12-27-22(20)32)31(29-21)23(10-11-26)8-5-18(6-9-23)30-13-16(25)14-30/h1-4,7,12,16,18H,5-6,8-10,13-14H2,(H,27,32)(H,28,29). The molecule has 0 amide bonds. The van der Waals surface area contributed by atoms with E-state index in [0.29, 0.717) is 47.3 Å². The zero-order chi connectivity index (χ0) is 22.3. The summed E-state index contributed by atoms with van der Waals surface area (Å²) in [5.74, 6) is 0.451. The highest BCUT2D eigenvalue weighted by Crippen LogP contribution is 2.42. The van der Waals surface area contributed by atoms with Gasteiger partial charge in [-0.05, 0) is 56.0 Å². The first kappa shape index (κ1) is 21.0. The van der Waals surface area contributed by atoms with Gasteiger partial charge in [-0.2, -0.15) is 10.4 Å². The number of anilines is 2. The normalized spacial score (nSPS) is 24.2. The molecule has 7 nitrogen and oxygen atoms in total. The van der Waals surface area contributed by atoms with Gasteiger partial charge in [0.05, 0.1) is 23.5 Å². The highest BCUT2D eigenvalue weighted by atomic mass is 35.5. The second-order valence-electron chi connectivity index (χ2n) is 8.80. The van der Waals surface area contributed by atoms with E-state index < -0.39 is 11.7 Å². The van der Waals surface area contributed by atoms with Gasteiger partial charge >= 0.3 is 0 Å². The Balaban J connectivity index is 1.52. The van der Waals surface area contributed by atoms with Crippen molar-refractivity contribution >= 4 is 34.0 Å². The van der Waals surface area contributed by atoms with Gasteiger partial charge in [0, 0.05) is 36.0 Å². The van der Waals surface area contributed by atoms with Crippen molar-refractivity contribution in [3.63, 3.8) is 0 Å². The van der Waals surface area contributed by atoms with Crippen LogP contribution in [0.4, 0.5) is 15.9 Å². The van der Waals surface area contributed by atoms with Crippen molar-refractivity contribution in [3.8, 4) is 6.07 Å². The number of aromatic amines is 1. The maximum Gasteiger partial charge on any atom is 0.261 e. The van der Waals surface area contributed by atoms with Crippen molar-refractivity contribution in [2.75, 3.05) is 18.4 Å². The van der Waals surface area contributed by atoms with E-state index in [1.165, 1.54) is 0 Å². The molecule has 2 fully saturated rings. The van der Waals surface area contributed by atoms with Crippen LogP contribution in [0.2, 0.25) is 5.02 Å². The van der Waals surface area contributed by atoms with Gasteiger partial charge in [-0.15, -0.1) is 0 Å². The van der Waals surface area contributed by atoms with Crippen LogP contribution in [0.5, 0.6) is 0 Å². The number of alkyl halides is 1. The van der Waals surface area contributed by atoms with Gasteiger partial charge in [-0.1, -0.05) is 11.6 Å². The van der Waals surface area contributed by atoms with Crippen LogP contribution in [0.25, 0.3) is 10.9 Å². The summed E-state index contributed by atoms with van der Waals surface area (Å²) in [4.78, 5) is 17.7. The highest BCUT2D eigenvalue weighted by Gasteiger charge is 2.43. The van der Waals surface area contributed by atoms with Gasteiger partial charge in [0.25, 0.3) is 5.56 Å². The van der Waals surface area contributed by atoms with E-state index in [1.54, 1.807) is 18.3 Å². The predicted molar refractivity (Wildman–Crippen MR) is 122 cm³/mol. The minimum Gasteiger partial charge on any atom is -0.338 e. The molecule has 32 heavy (non-hydrogen) atoms. The molecule has 166 valence electrons. The van der Waals surface area contributed by atoms with Crippen LogP contribution in [-0.4, -0.2) is 45.0 Å². The lowest BCUT2D eigenvalue weighted by atomic mass is 9.76. The average molecular weight is 455 g/mol. The lowest BCUT2D eigenvalue weighted by Crippen LogP contribution is -2.55. The Morgan fingerprint density at radius 3 is 2.62 bits per heavy atom. The zero-order valence-electron chi connectivity index (χ0n) is 17.5. The fourth-order valence-corrected chi connectivity index (χ4v) is 5.19. The summed E-state index contributed by atoms with van der Waals surface area (Å²) >= 11 is 5.99. The molecular weight excluding hydrogens is 431 g/mol. The van der Waals surface area contributed by atoms with Crippen LogP contribution >= 0.6 is 11.6 Å². The molecule has 0 spiro atoms. The topological polar surface area (TPSA) is 89.7 Å². The van der Waals surface area contributed by atoms with Gasteiger partial charge < -0.3 is 10.3 Å². The molecule has 0 unspecified atom stereocenters. The fourth-order valence-electron chi connectivity index (χ4n) is 5.07. The summed E-state index contributed by atoms with van der Waals surface area (Å²) in [7, 11) is 0. The van der Waals surface area contributed by atoms with Gasteiger partial charge in [0.2, 0.25) is 0 Å². The van der Waals surface area contributed by atoms with Crippen molar-refractivity contribution in [2.24, 2.45) is 0 Å². The number of benzene rings is 1. The van der Waals surface area contributed by atoms with Gasteiger partial charge in [-0.25, -0.2) is 4.39 Å². The van der Waals surface area contributed by atoms with Crippen molar-refractivity contribution in [3.05, 3.63) is 51.9 Å². The SMILES string of the molecule is N#CCC1(n2nc(Nc3ccc(Cl)cc3)c3c(=O)[nH]ccc32)CCC(N2CC(F)C2)CC1. The van der Waals surface area contributed by atoms with Crippen LogP contribution in [0.15, 0.2) is 41.3 Å². The first-order chi connectivity index (χ1) is 15.5. The number of H-pyrrole nitrogens is 1. The third-order valence-corrected chi connectivity index (χ3v) is 7.09. The zero-order valence-corrected chi connectivity index (χ0v) is 18.3. The van der Waals surface area contributed by atoms with Gasteiger partial charge in [0.15, 0.2) is 5.82 Å². The third kappa shape index (κ3) is 3.65. The van der Waals surface area contributed by atoms with Crippen LogP contribution in [0.3, 0.4) is 0 Å². The average Bonchev–Trinajstić information content (AvgIpc) is 3.14. The predicted octanol–water partition coefficient (Wildman–Crippen LogP) is 4.33. The molecule has 1 saturated heterocycles. The lowest BCUT2D eigenvalue weighted by Gasteiger charge is -2.47. The third-order valence-electron chi connectivity index (χ3n) is 6.84. The van der Waals surface area contributed by atoms with Crippen LogP contribution < -0.4 is 10.9 Å². The molecule has 1 saturated carbocycles. The maximum absolute atomic E-state index is 13.3. The Kier molecular flexibility index (Phi) is 5.39. The number of halogens is 2. The first-order valence-corrected chi connectivity index (χ1v) is 11.3.